The average molecular weight is 791 g/mol. The van der Waals surface area contributed by atoms with Gasteiger partial charge in [0.05, 0.1) is 20.9 Å². The summed E-state index contributed by atoms with van der Waals surface area (Å²) < 4.78 is 63.2. The number of hydrogen-bond donors (Lipinski definition) is 4. The Labute approximate surface area is 327 Å². The zero-order chi connectivity index (χ0) is 40.5. The Balaban J connectivity index is 0.000000222. The second-order valence-electron chi connectivity index (χ2n) is 12.9. The molecule has 0 aliphatic rings. The molecule has 2 heterocycles. The van der Waals surface area contributed by atoms with Gasteiger partial charge in [0.1, 0.15) is 14.1 Å². The zero-order valence-corrected chi connectivity index (χ0v) is 32.8. The van der Waals surface area contributed by atoms with E-state index < -0.39 is 20.2 Å². The maximum absolute atomic E-state index is 12.8. The lowest BCUT2D eigenvalue weighted by Crippen LogP contribution is -2.28. The van der Waals surface area contributed by atoms with Crippen molar-refractivity contribution in [2.24, 2.45) is 14.1 Å². The van der Waals surface area contributed by atoms with Crippen molar-refractivity contribution >= 4 is 54.1 Å². The minimum atomic E-state index is -4.02. The fourth-order valence-electron chi connectivity index (χ4n) is 5.40. The monoisotopic (exact) mass is 790 g/mol. The third-order valence-electron chi connectivity index (χ3n) is 8.56. The molecule has 0 atom stereocenters. The number of para-hydroxylation sites is 1. The highest BCUT2D eigenvalue weighted by atomic mass is 32.2. The van der Waals surface area contributed by atoms with E-state index in [1.54, 1.807) is 24.3 Å². The Morgan fingerprint density at radius 1 is 0.554 bits per heavy atom. The average Bonchev–Trinajstić information content (AvgIpc) is 3.17. The van der Waals surface area contributed by atoms with Gasteiger partial charge in [0.15, 0.2) is 18.6 Å². The number of hydrogen-bond acceptors (Lipinski definition) is 6. The Bertz CT molecular complexity index is 2580. The van der Waals surface area contributed by atoms with Crippen LogP contribution in [0.1, 0.15) is 21.5 Å². The van der Waals surface area contributed by atoms with Gasteiger partial charge in [0.25, 0.3) is 26.1 Å². The molecule has 0 fully saturated rings. The fraction of sp³-hybridized carbons (Fsp3) is 0.0930. The molecule has 0 bridgehead atoms. The summed E-state index contributed by atoms with van der Waals surface area (Å²) in [5.41, 5.74) is 8.63. The number of aromatic nitrogens is 2. The van der Waals surface area contributed by atoms with E-state index in [2.05, 4.69) is 45.5 Å². The number of amides is 1. The number of nitrogens with zero attached hydrogens (tertiary/aromatic N) is 2. The summed E-state index contributed by atoms with van der Waals surface area (Å²) in [6.45, 7) is 3.68. The van der Waals surface area contributed by atoms with Crippen LogP contribution < -0.4 is 19.8 Å². The predicted octanol–water partition coefficient (Wildman–Crippen LogP) is 7.64. The minimum Gasteiger partial charge on any atom is -0.355 e. The van der Waals surface area contributed by atoms with E-state index in [0.717, 1.165) is 50.2 Å². The van der Waals surface area contributed by atoms with Crippen LogP contribution in [0.3, 0.4) is 0 Å². The summed E-state index contributed by atoms with van der Waals surface area (Å²) in [6, 6.07) is 41.9. The number of benzene rings is 5. The van der Waals surface area contributed by atoms with Gasteiger partial charge in [-0.3, -0.25) is 13.9 Å². The minimum absolute atomic E-state index is 0.0666. The highest BCUT2D eigenvalue weighted by molar-refractivity contribution is 7.86. The molecule has 0 aliphatic carbocycles. The van der Waals surface area contributed by atoms with Gasteiger partial charge in [-0.1, -0.05) is 59.7 Å². The van der Waals surface area contributed by atoms with Crippen LogP contribution in [0.15, 0.2) is 168 Å². The maximum Gasteiger partial charge on any atom is 0.294 e. The van der Waals surface area contributed by atoms with Crippen LogP contribution in [0.5, 0.6) is 0 Å². The van der Waals surface area contributed by atoms with Crippen LogP contribution in [0.4, 0.5) is 17.1 Å². The summed E-state index contributed by atoms with van der Waals surface area (Å²) in [7, 11) is -4.01. The van der Waals surface area contributed by atoms with Gasteiger partial charge in [-0.05, 0) is 91.7 Å². The largest absolute Gasteiger partial charge is 0.355 e. The third kappa shape index (κ3) is 11.4. The van der Waals surface area contributed by atoms with Crippen molar-refractivity contribution in [2.75, 3.05) is 10.6 Å². The normalized spacial score (nSPS) is 11.0. The summed E-state index contributed by atoms with van der Waals surface area (Å²) >= 11 is 0. The van der Waals surface area contributed by atoms with E-state index in [0.29, 0.717) is 5.56 Å². The number of rotatable bonds is 7. The third-order valence-corrected chi connectivity index (χ3v) is 10.3. The van der Waals surface area contributed by atoms with Gasteiger partial charge in [-0.2, -0.15) is 16.8 Å². The molecule has 0 saturated heterocycles. The molecule has 0 aliphatic heterocycles. The fourth-order valence-corrected chi connectivity index (χ4v) is 6.36. The lowest BCUT2D eigenvalue weighted by atomic mass is 10.1. The lowest BCUT2D eigenvalue weighted by molar-refractivity contribution is -0.671. The molecule has 56 heavy (non-hydrogen) atoms. The molecule has 0 unspecified atom stereocenters. The summed E-state index contributed by atoms with van der Waals surface area (Å²) in [5, 5.41) is 7.59. The first-order valence-electron chi connectivity index (χ1n) is 17.3. The molecule has 4 N–H and O–H groups in total. The molecule has 7 aromatic rings. The van der Waals surface area contributed by atoms with Crippen LogP contribution in [0, 0.1) is 13.8 Å². The molecule has 286 valence electrons. The van der Waals surface area contributed by atoms with Crippen LogP contribution in [0.25, 0.3) is 22.0 Å². The van der Waals surface area contributed by atoms with E-state index in [1.165, 1.54) is 24.3 Å². The highest BCUT2D eigenvalue weighted by Gasteiger charge is 2.11. The predicted molar refractivity (Wildman–Crippen MR) is 218 cm³/mol. The van der Waals surface area contributed by atoms with Gasteiger partial charge >= 0.3 is 0 Å². The number of anilines is 3. The van der Waals surface area contributed by atoms with E-state index in [-0.39, 0.29) is 15.7 Å². The Morgan fingerprint density at radius 3 is 1.55 bits per heavy atom. The SMILES string of the molecule is C[n+]1ccc(-c2ccc(NC(=O)c3ccc(Nc4cc[n+](C)c5ccccc45)cc3)cc2)cc1.Cc1ccc(S(=O)(=O)O)cc1.Cc1ccc(S(=O)(=O)O)cc1. The number of carbonyl (C=O) groups excluding carboxylic acids is 1. The van der Waals surface area contributed by atoms with Crippen LogP contribution in [0.2, 0.25) is 0 Å². The second kappa shape index (κ2) is 17.9. The van der Waals surface area contributed by atoms with Crippen molar-refractivity contribution in [3.8, 4) is 11.1 Å². The summed E-state index contributed by atoms with van der Waals surface area (Å²) in [6.07, 6.45) is 6.07. The maximum atomic E-state index is 12.8. The number of nitrogens with one attached hydrogen (secondary N) is 2. The van der Waals surface area contributed by atoms with Crippen molar-refractivity contribution in [3.63, 3.8) is 0 Å². The van der Waals surface area contributed by atoms with E-state index in [4.69, 9.17) is 9.11 Å². The van der Waals surface area contributed by atoms with Crippen molar-refractivity contribution in [3.05, 3.63) is 175 Å². The molecule has 11 nitrogen and oxygen atoms in total. The van der Waals surface area contributed by atoms with E-state index in [1.807, 2.05) is 112 Å². The summed E-state index contributed by atoms with van der Waals surface area (Å²) in [4.78, 5) is 12.6. The molecular formula is C43H42N4O7S2+2. The first kappa shape index (κ1) is 40.9. The standard InChI is InChI=1S/C29H24N4O.2C7H8O3S/c1-32-18-15-22(16-19-32)21-7-11-25(12-8-21)31-29(34)23-9-13-24(14-10-23)30-27-17-20-33(2)28-6-4-3-5-26(27)28;2*1-6-2-4-7(5-3-6)11(8,9)10/h3-20H,1-2H3;2*2-5H,1H3,(H,8,9,10)/p+2. The molecule has 7 rings (SSSR count). The van der Waals surface area contributed by atoms with Crippen molar-refractivity contribution in [1.82, 2.24) is 0 Å². The molecule has 0 spiro atoms. The van der Waals surface area contributed by atoms with Crippen LogP contribution >= 0.6 is 0 Å². The van der Waals surface area contributed by atoms with Gasteiger partial charge in [-0.15, -0.1) is 0 Å². The van der Waals surface area contributed by atoms with Gasteiger partial charge in [0, 0.05) is 41.2 Å². The molecule has 0 radical (unpaired) electrons. The van der Waals surface area contributed by atoms with Gasteiger partial charge < -0.3 is 10.6 Å². The first-order valence-corrected chi connectivity index (χ1v) is 20.1. The van der Waals surface area contributed by atoms with Crippen LogP contribution in [-0.4, -0.2) is 31.8 Å². The Morgan fingerprint density at radius 2 is 1.04 bits per heavy atom. The Kier molecular flexibility index (Phi) is 13.1. The lowest BCUT2D eigenvalue weighted by Gasteiger charge is -2.10. The van der Waals surface area contributed by atoms with Crippen molar-refractivity contribution in [1.29, 1.82) is 0 Å². The molecule has 1 amide bonds. The zero-order valence-electron chi connectivity index (χ0n) is 31.2. The number of fused-ring (bicyclic) bond motifs is 1. The molecular weight excluding hydrogens is 749 g/mol. The van der Waals surface area contributed by atoms with Gasteiger partial charge in [-0.25, -0.2) is 9.13 Å². The molecule has 2 aromatic heterocycles. The second-order valence-corrected chi connectivity index (χ2v) is 15.8. The van der Waals surface area contributed by atoms with Crippen LogP contribution in [-0.2, 0) is 34.3 Å². The Hall–Kier alpha value is -6.25. The highest BCUT2D eigenvalue weighted by Crippen LogP contribution is 2.25. The molecule has 0 saturated carbocycles. The van der Waals surface area contributed by atoms with E-state index in [9.17, 15) is 21.6 Å². The van der Waals surface area contributed by atoms with Gasteiger partial charge in [0.2, 0.25) is 5.52 Å². The van der Waals surface area contributed by atoms with Crippen molar-refractivity contribution < 1.29 is 39.9 Å². The quantitative estimate of drug-likeness (QED) is 0.0949. The smallest absolute Gasteiger partial charge is 0.294 e. The molecule has 5 aromatic carbocycles. The van der Waals surface area contributed by atoms with Crippen molar-refractivity contribution in [2.45, 2.75) is 23.6 Å². The number of pyridine rings is 2. The molecule has 13 heteroatoms. The van der Waals surface area contributed by atoms with E-state index >= 15 is 0 Å². The number of carbonyl (C=O) groups is 1. The first-order chi connectivity index (χ1) is 26.6. The topological polar surface area (TPSA) is 158 Å². The summed E-state index contributed by atoms with van der Waals surface area (Å²) in [5.74, 6) is -0.136. The number of aryl methyl sites for hydroxylation is 4.